The first-order chi connectivity index (χ1) is 11.4. The molecule has 2 unspecified atom stereocenters. The van der Waals surface area contributed by atoms with E-state index in [2.05, 4.69) is 0 Å². The number of hydrogen-bond acceptors (Lipinski definition) is 4. The predicted octanol–water partition coefficient (Wildman–Crippen LogP) is 3.07. The Morgan fingerprint density at radius 2 is 1.54 bits per heavy atom. The van der Waals surface area contributed by atoms with Gasteiger partial charge in [-0.2, -0.15) is 0 Å². The van der Waals surface area contributed by atoms with Gasteiger partial charge in [0.25, 0.3) is 0 Å². The first-order valence-corrected chi connectivity index (χ1v) is 9.44. The van der Waals surface area contributed by atoms with Crippen LogP contribution in [0.4, 0.5) is 0 Å². The molecule has 4 nitrogen and oxygen atoms in total. The number of sulfone groups is 1. The summed E-state index contributed by atoms with van der Waals surface area (Å²) < 4.78 is 29.2. The Labute approximate surface area is 142 Å². The molecular formula is C19H20O4S. The first kappa shape index (κ1) is 17.9. The van der Waals surface area contributed by atoms with Crippen LogP contribution in [-0.4, -0.2) is 33.0 Å². The Hall–Kier alpha value is -2.40. The molecule has 0 aliphatic carbocycles. The molecule has 2 aromatic rings. The molecule has 2 aromatic carbocycles. The van der Waals surface area contributed by atoms with Gasteiger partial charge in [0.1, 0.15) is 0 Å². The lowest BCUT2D eigenvalue weighted by Crippen LogP contribution is -2.35. The Morgan fingerprint density at radius 3 is 2.04 bits per heavy atom. The first-order valence-electron chi connectivity index (χ1n) is 7.48. The SMILES string of the molecule is COC(=O)C(C(/C=C/c1ccccc1)c1ccccc1)S(C)(=O)=O. The zero-order chi connectivity index (χ0) is 17.6. The molecule has 0 aromatic heterocycles. The zero-order valence-electron chi connectivity index (χ0n) is 13.6. The van der Waals surface area contributed by atoms with E-state index in [0.29, 0.717) is 0 Å². The van der Waals surface area contributed by atoms with E-state index in [1.807, 2.05) is 54.6 Å². The van der Waals surface area contributed by atoms with Gasteiger partial charge in [-0.1, -0.05) is 72.8 Å². The molecule has 0 aliphatic rings. The van der Waals surface area contributed by atoms with E-state index in [4.69, 9.17) is 4.74 Å². The number of carbonyl (C=O) groups excluding carboxylic acids is 1. The van der Waals surface area contributed by atoms with Gasteiger partial charge in [-0.05, 0) is 11.1 Å². The third kappa shape index (κ3) is 4.55. The average molecular weight is 344 g/mol. The third-order valence-corrected chi connectivity index (χ3v) is 5.11. The molecule has 0 spiro atoms. The van der Waals surface area contributed by atoms with Crippen LogP contribution < -0.4 is 0 Å². The van der Waals surface area contributed by atoms with Gasteiger partial charge in [-0.3, -0.25) is 4.79 Å². The molecule has 126 valence electrons. The fraction of sp³-hybridized carbons (Fsp3) is 0.211. The summed E-state index contributed by atoms with van der Waals surface area (Å²) in [5.41, 5.74) is 1.67. The highest BCUT2D eigenvalue weighted by Gasteiger charge is 2.37. The highest BCUT2D eigenvalue weighted by molar-refractivity contribution is 7.92. The minimum atomic E-state index is -3.65. The summed E-state index contributed by atoms with van der Waals surface area (Å²) >= 11 is 0. The molecule has 5 heteroatoms. The normalized spacial score (nSPS) is 14.2. The van der Waals surface area contributed by atoms with Crippen molar-refractivity contribution >= 4 is 21.9 Å². The predicted molar refractivity (Wildman–Crippen MR) is 95.3 cm³/mol. The van der Waals surface area contributed by atoms with Crippen LogP contribution in [-0.2, 0) is 19.4 Å². The molecule has 0 N–H and O–H groups in total. The molecule has 0 bridgehead atoms. The van der Waals surface area contributed by atoms with Gasteiger partial charge < -0.3 is 4.74 Å². The van der Waals surface area contributed by atoms with E-state index in [0.717, 1.165) is 17.4 Å². The maximum absolute atomic E-state index is 12.2. The van der Waals surface area contributed by atoms with Crippen LogP contribution in [0.2, 0.25) is 0 Å². The number of hydrogen-bond donors (Lipinski definition) is 0. The van der Waals surface area contributed by atoms with Gasteiger partial charge in [-0.25, -0.2) is 8.42 Å². The monoisotopic (exact) mass is 344 g/mol. The lowest BCUT2D eigenvalue weighted by Gasteiger charge is -2.21. The molecule has 2 rings (SSSR count). The van der Waals surface area contributed by atoms with Crippen LogP contribution in [0.3, 0.4) is 0 Å². The minimum absolute atomic E-state index is 0.631. The van der Waals surface area contributed by atoms with Crippen molar-refractivity contribution in [3.8, 4) is 0 Å². The molecule has 0 radical (unpaired) electrons. The summed E-state index contributed by atoms with van der Waals surface area (Å²) in [6, 6.07) is 18.6. The number of methoxy groups -OCH3 is 1. The standard InChI is InChI=1S/C19H20O4S/c1-23-19(20)18(24(2,21)22)17(16-11-7-4-8-12-16)14-13-15-9-5-3-6-10-15/h3-14,17-18H,1-2H3/b14-13+. The van der Waals surface area contributed by atoms with Gasteiger partial charge in [0.2, 0.25) is 0 Å². The highest BCUT2D eigenvalue weighted by Crippen LogP contribution is 2.28. The highest BCUT2D eigenvalue weighted by atomic mass is 32.2. The lowest BCUT2D eigenvalue weighted by atomic mass is 9.94. The molecule has 0 heterocycles. The van der Waals surface area contributed by atoms with Crippen LogP contribution in [0.15, 0.2) is 66.7 Å². The Kier molecular flexibility index (Phi) is 5.93. The van der Waals surface area contributed by atoms with Gasteiger partial charge in [0.05, 0.1) is 7.11 Å². The van der Waals surface area contributed by atoms with Crippen molar-refractivity contribution in [1.29, 1.82) is 0 Å². The Morgan fingerprint density at radius 1 is 1.00 bits per heavy atom. The van der Waals surface area contributed by atoms with Crippen LogP contribution in [0.25, 0.3) is 6.08 Å². The summed E-state index contributed by atoms with van der Waals surface area (Å²) in [5, 5.41) is -1.29. The van der Waals surface area contributed by atoms with E-state index in [-0.39, 0.29) is 0 Å². The topological polar surface area (TPSA) is 60.4 Å². The van der Waals surface area contributed by atoms with E-state index in [1.165, 1.54) is 7.11 Å². The van der Waals surface area contributed by atoms with Crippen LogP contribution >= 0.6 is 0 Å². The average Bonchev–Trinajstić information content (AvgIpc) is 2.58. The second-order valence-electron chi connectivity index (χ2n) is 5.48. The Bertz CT molecular complexity index is 796. The maximum Gasteiger partial charge on any atom is 0.325 e. The second kappa shape index (κ2) is 7.93. The quantitative estimate of drug-likeness (QED) is 0.756. The van der Waals surface area contributed by atoms with Crippen molar-refractivity contribution in [1.82, 2.24) is 0 Å². The summed E-state index contributed by atoms with van der Waals surface area (Å²) in [6.07, 6.45) is 4.62. The summed E-state index contributed by atoms with van der Waals surface area (Å²) in [6.45, 7) is 0. The molecule has 0 saturated carbocycles. The molecule has 0 amide bonds. The lowest BCUT2D eigenvalue weighted by molar-refractivity contribution is -0.140. The molecule has 24 heavy (non-hydrogen) atoms. The van der Waals surface area contributed by atoms with Gasteiger partial charge in [0.15, 0.2) is 15.1 Å². The van der Waals surface area contributed by atoms with Crippen molar-refractivity contribution in [3.05, 3.63) is 77.9 Å². The van der Waals surface area contributed by atoms with Gasteiger partial charge in [0, 0.05) is 12.2 Å². The van der Waals surface area contributed by atoms with Crippen LogP contribution in [0.5, 0.6) is 0 Å². The molecule has 0 fully saturated rings. The maximum atomic E-state index is 12.2. The molecular weight excluding hydrogens is 324 g/mol. The van der Waals surface area contributed by atoms with Crippen LogP contribution in [0, 0.1) is 0 Å². The second-order valence-corrected chi connectivity index (χ2v) is 7.65. The fourth-order valence-electron chi connectivity index (χ4n) is 2.54. The van der Waals surface area contributed by atoms with Crippen LogP contribution in [0.1, 0.15) is 17.0 Å². The summed E-state index contributed by atoms with van der Waals surface area (Å²) in [5.74, 6) is -1.39. The number of ether oxygens (including phenoxy) is 1. The zero-order valence-corrected chi connectivity index (χ0v) is 14.4. The number of benzene rings is 2. The molecule has 0 saturated heterocycles. The minimum Gasteiger partial charge on any atom is -0.468 e. The van der Waals surface area contributed by atoms with E-state index >= 15 is 0 Å². The Balaban J connectivity index is 2.50. The van der Waals surface area contributed by atoms with Crippen molar-refractivity contribution < 1.29 is 17.9 Å². The number of allylic oxidation sites excluding steroid dienone is 1. The number of rotatable bonds is 6. The number of esters is 1. The largest absolute Gasteiger partial charge is 0.468 e. The van der Waals surface area contributed by atoms with Crippen molar-refractivity contribution in [2.75, 3.05) is 13.4 Å². The smallest absolute Gasteiger partial charge is 0.325 e. The molecule has 0 aliphatic heterocycles. The number of carbonyl (C=O) groups is 1. The van der Waals surface area contributed by atoms with Crippen molar-refractivity contribution in [2.45, 2.75) is 11.2 Å². The third-order valence-electron chi connectivity index (χ3n) is 3.70. The van der Waals surface area contributed by atoms with Gasteiger partial charge >= 0.3 is 5.97 Å². The van der Waals surface area contributed by atoms with Crippen molar-refractivity contribution in [3.63, 3.8) is 0 Å². The van der Waals surface area contributed by atoms with E-state index in [1.54, 1.807) is 18.2 Å². The summed E-state index contributed by atoms with van der Waals surface area (Å²) in [4.78, 5) is 12.1. The van der Waals surface area contributed by atoms with E-state index < -0.39 is 27.0 Å². The fourth-order valence-corrected chi connectivity index (χ4v) is 3.77. The van der Waals surface area contributed by atoms with Crippen molar-refractivity contribution in [2.24, 2.45) is 0 Å². The summed E-state index contributed by atoms with van der Waals surface area (Å²) in [7, 11) is -2.46. The molecule has 2 atom stereocenters. The van der Waals surface area contributed by atoms with E-state index in [9.17, 15) is 13.2 Å². The van der Waals surface area contributed by atoms with Gasteiger partial charge in [-0.15, -0.1) is 0 Å².